The first-order valence-electron chi connectivity index (χ1n) is 7.05. The summed E-state index contributed by atoms with van der Waals surface area (Å²) >= 11 is 0. The molecular weight excluding hydrogens is 252 g/mol. The second-order valence-corrected chi connectivity index (χ2v) is 5.35. The number of nitrogens with two attached hydrogens (primary N) is 1. The van der Waals surface area contributed by atoms with Gasteiger partial charge < -0.3 is 15.4 Å². The average Bonchev–Trinajstić information content (AvgIpc) is 2.37. The van der Waals surface area contributed by atoms with Crippen molar-refractivity contribution < 1.29 is 9.53 Å². The lowest BCUT2D eigenvalue weighted by molar-refractivity contribution is -0.132. The lowest BCUT2D eigenvalue weighted by Crippen LogP contribution is -2.41. The van der Waals surface area contributed by atoms with Crippen LogP contribution in [0.4, 0.5) is 0 Å². The second kappa shape index (κ2) is 7.29. The SMILES string of the molecule is CCCC(N)C(=O)N(C)Cc1cc(C)c(OC)c(C)c1. The monoisotopic (exact) mass is 278 g/mol. The highest BCUT2D eigenvalue weighted by Gasteiger charge is 2.17. The fourth-order valence-electron chi connectivity index (χ4n) is 2.52. The van der Waals surface area contributed by atoms with Crippen LogP contribution >= 0.6 is 0 Å². The van der Waals surface area contributed by atoms with Crippen molar-refractivity contribution >= 4 is 5.91 Å². The molecule has 0 aliphatic carbocycles. The number of likely N-dealkylation sites (N-methyl/N-ethyl adjacent to an activating group) is 1. The van der Waals surface area contributed by atoms with E-state index in [-0.39, 0.29) is 5.91 Å². The van der Waals surface area contributed by atoms with Crippen LogP contribution in [-0.4, -0.2) is 31.0 Å². The van der Waals surface area contributed by atoms with E-state index in [0.717, 1.165) is 35.3 Å². The van der Waals surface area contributed by atoms with Crippen LogP contribution in [0.1, 0.15) is 36.5 Å². The summed E-state index contributed by atoms with van der Waals surface area (Å²) in [5.41, 5.74) is 9.14. The summed E-state index contributed by atoms with van der Waals surface area (Å²) in [6.07, 6.45) is 1.64. The molecule has 0 saturated carbocycles. The molecule has 1 aromatic carbocycles. The van der Waals surface area contributed by atoms with Gasteiger partial charge in [-0.05, 0) is 37.0 Å². The van der Waals surface area contributed by atoms with Gasteiger partial charge in [0.1, 0.15) is 5.75 Å². The summed E-state index contributed by atoms with van der Waals surface area (Å²) in [5.74, 6) is 0.906. The molecule has 0 heterocycles. The zero-order valence-electron chi connectivity index (χ0n) is 13.2. The fourth-order valence-corrected chi connectivity index (χ4v) is 2.52. The Balaban J connectivity index is 2.81. The summed E-state index contributed by atoms with van der Waals surface area (Å²) in [7, 11) is 3.47. The van der Waals surface area contributed by atoms with Gasteiger partial charge in [-0.25, -0.2) is 0 Å². The van der Waals surface area contributed by atoms with Gasteiger partial charge in [0.2, 0.25) is 5.91 Å². The zero-order valence-corrected chi connectivity index (χ0v) is 13.2. The quantitative estimate of drug-likeness (QED) is 0.869. The van der Waals surface area contributed by atoms with Crippen LogP contribution in [0, 0.1) is 13.8 Å². The minimum atomic E-state index is -0.398. The van der Waals surface area contributed by atoms with E-state index in [9.17, 15) is 4.79 Å². The number of ether oxygens (including phenoxy) is 1. The number of methoxy groups -OCH3 is 1. The van der Waals surface area contributed by atoms with Crippen molar-refractivity contribution in [1.82, 2.24) is 4.90 Å². The van der Waals surface area contributed by atoms with E-state index < -0.39 is 6.04 Å². The molecule has 0 radical (unpaired) electrons. The maximum Gasteiger partial charge on any atom is 0.239 e. The molecule has 4 heteroatoms. The third-order valence-electron chi connectivity index (χ3n) is 3.44. The number of rotatable bonds is 6. The highest BCUT2D eigenvalue weighted by Crippen LogP contribution is 2.24. The molecule has 1 unspecified atom stereocenters. The van der Waals surface area contributed by atoms with E-state index in [1.54, 1.807) is 19.1 Å². The Morgan fingerprint density at radius 1 is 1.35 bits per heavy atom. The van der Waals surface area contributed by atoms with Crippen molar-refractivity contribution in [3.8, 4) is 5.75 Å². The minimum Gasteiger partial charge on any atom is -0.496 e. The van der Waals surface area contributed by atoms with Gasteiger partial charge in [0.25, 0.3) is 0 Å². The molecule has 0 aliphatic heterocycles. The standard InChI is InChI=1S/C16H26N2O2/c1-6-7-14(17)16(19)18(4)10-13-8-11(2)15(20-5)12(3)9-13/h8-9,14H,6-7,10,17H2,1-5H3. The summed E-state index contributed by atoms with van der Waals surface area (Å²) < 4.78 is 5.35. The fraction of sp³-hybridized carbons (Fsp3) is 0.562. The topological polar surface area (TPSA) is 55.6 Å². The second-order valence-electron chi connectivity index (χ2n) is 5.35. The van der Waals surface area contributed by atoms with Crippen LogP contribution in [0.25, 0.3) is 0 Å². The third kappa shape index (κ3) is 3.97. The molecule has 0 fully saturated rings. The largest absolute Gasteiger partial charge is 0.496 e. The molecule has 0 aliphatic rings. The summed E-state index contributed by atoms with van der Waals surface area (Å²) in [6.45, 7) is 6.63. The Labute approximate surface area is 121 Å². The van der Waals surface area contributed by atoms with Crippen molar-refractivity contribution in [1.29, 1.82) is 0 Å². The molecule has 0 bridgehead atoms. The minimum absolute atomic E-state index is 0.00188. The van der Waals surface area contributed by atoms with Crippen LogP contribution in [0.2, 0.25) is 0 Å². The van der Waals surface area contributed by atoms with Gasteiger partial charge in [-0.15, -0.1) is 0 Å². The van der Waals surface area contributed by atoms with Crippen LogP contribution in [0.3, 0.4) is 0 Å². The first-order valence-corrected chi connectivity index (χ1v) is 7.05. The van der Waals surface area contributed by atoms with Gasteiger partial charge in [0.15, 0.2) is 0 Å². The van der Waals surface area contributed by atoms with Gasteiger partial charge in [-0.1, -0.05) is 25.5 Å². The zero-order chi connectivity index (χ0) is 15.3. The molecule has 0 saturated heterocycles. The smallest absolute Gasteiger partial charge is 0.239 e. The van der Waals surface area contributed by atoms with Crippen molar-refractivity contribution in [2.24, 2.45) is 5.73 Å². The summed E-state index contributed by atoms with van der Waals surface area (Å²) in [5, 5.41) is 0. The molecule has 4 nitrogen and oxygen atoms in total. The van der Waals surface area contributed by atoms with Crippen molar-refractivity contribution in [2.75, 3.05) is 14.2 Å². The molecule has 112 valence electrons. The van der Waals surface area contributed by atoms with E-state index >= 15 is 0 Å². The van der Waals surface area contributed by atoms with Crippen LogP contribution in [0.5, 0.6) is 5.75 Å². The predicted molar refractivity (Wildman–Crippen MR) is 81.8 cm³/mol. The highest BCUT2D eigenvalue weighted by atomic mass is 16.5. The van der Waals surface area contributed by atoms with E-state index in [0.29, 0.717) is 6.54 Å². The van der Waals surface area contributed by atoms with Crippen LogP contribution in [0.15, 0.2) is 12.1 Å². The van der Waals surface area contributed by atoms with Gasteiger partial charge in [0, 0.05) is 13.6 Å². The summed E-state index contributed by atoms with van der Waals surface area (Å²) in [4.78, 5) is 13.8. The van der Waals surface area contributed by atoms with Gasteiger partial charge in [-0.3, -0.25) is 4.79 Å². The van der Waals surface area contributed by atoms with Crippen LogP contribution in [-0.2, 0) is 11.3 Å². The molecule has 0 aromatic heterocycles. The van der Waals surface area contributed by atoms with E-state index in [1.807, 2.05) is 20.8 Å². The number of aryl methyl sites for hydroxylation is 2. The Kier molecular flexibility index (Phi) is 6.02. The molecule has 20 heavy (non-hydrogen) atoms. The number of hydrogen-bond donors (Lipinski definition) is 1. The first-order chi connectivity index (χ1) is 9.40. The molecule has 1 amide bonds. The lowest BCUT2D eigenvalue weighted by atomic mass is 10.0. The van der Waals surface area contributed by atoms with Crippen molar-refractivity contribution in [3.05, 3.63) is 28.8 Å². The summed E-state index contributed by atoms with van der Waals surface area (Å²) in [6, 6.07) is 3.72. The molecule has 2 N–H and O–H groups in total. The van der Waals surface area contributed by atoms with Gasteiger partial charge in [0.05, 0.1) is 13.2 Å². The Morgan fingerprint density at radius 3 is 2.35 bits per heavy atom. The highest BCUT2D eigenvalue weighted by molar-refractivity contribution is 5.81. The maximum atomic E-state index is 12.1. The molecule has 1 rings (SSSR count). The number of nitrogens with zero attached hydrogens (tertiary/aromatic N) is 1. The number of benzene rings is 1. The number of amides is 1. The van der Waals surface area contributed by atoms with Crippen LogP contribution < -0.4 is 10.5 Å². The van der Waals surface area contributed by atoms with Gasteiger partial charge in [-0.2, -0.15) is 0 Å². The molecule has 0 spiro atoms. The first kappa shape index (κ1) is 16.5. The Hall–Kier alpha value is -1.55. The van der Waals surface area contributed by atoms with Crippen molar-refractivity contribution in [2.45, 2.75) is 46.2 Å². The number of carbonyl (C=O) groups excluding carboxylic acids is 1. The molecular formula is C16H26N2O2. The van der Waals surface area contributed by atoms with E-state index in [1.165, 1.54) is 0 Å². The van der Waals surface area contributed by atoms with Gasteiger partial charge >= 0.3 is 0 Å². The lowest BCUT2D eigenvalue weighted by Gasteiger charge is -2.22. The Morgan fingerprint density at radius 2 is 1.90 bits per heavy atom. The molecule has 1 atom stereocenters. The van der Waals surface area contributed by atoms with E-state index in [2.05, 4.69) is 12.1 Å². The van der Waals surface area contributed by atoms with E-state index in [4.69, 9.17) is 10.5 Å². The average molecular weight is 278 g/mol. The Bertz CT molecular complexity index is 449. The molecule has 1 aromatic rings. The number of hydrogen-bond acceptors (Lipinski definition) is 3. The van der Waals surface area contributed by atoms with Crippen molar-refractivity contribution in [3.63, 3.8) is 0 Å². The maximum absolute atomic E-state index is 12.1. The number of carbonyl (C=O) groups is 1. The normalized spacial score (nSPS) is 12.1. The predicted octanol–water partition coefficient (Wildman–Crippen LogP) is 2.40. The third-order valence-corrected chi connectivity index (χ3v) is 3.44.